The van der Waals surface area contributed by atoms with Crippen molar-refractivity contribution >= 4 is 17.1 Å². The standard InChI is InChI=1S/C18H22N4OS/c1-10-8-12(11(2)24-10)16-13(9-19)18(20)22(21(3)4)14-6-5-7-15(23)17(14)16/h8,16H,5-7,20H2,1-4H3/t16-/m0/s1. The Kier molecular flexibility index (Phi) is 4.24. The molecule has 0 saturated carbocycles. The molecule has 1 aliphatic heterocycles. The molecule has 0 amide bonds. The summed E-state index contributed by atoms with van der Waals surface area (Å²) in [5.41, 5.74) is 9.58. The summed E-state index contributed by atoms with van der Waals surface area (Å²) in [6.45, 7) is 4.09. The van der Waals surface area contributed by atoms with E-state index in [1.165, 1.54) is 4.88 Å². The van der Waals surface area contributed by atoms with Gasteiger partial charge in [-0.25, -0.2) is 5.01 Å². The molecule has 0 unspecified atom stereocenters. The van der Waals surface area contributed by atoms with Crippen LogP contribution < -0.4 is 5.73 Å². The van der Waals surface area contributed by atoms with Crippen LogP contribution in [0.3, 0.4) is 0 Å². The molecule has 24 heavy (non-hydrogen) atoms. The molecule has 2 heterocycles. The second-order valence-corrected chi connectivity index (χ2v) is 7.97. The molecule has 1 aromatic heterocycles. The molecule has 0 fully saturated rings. The minimum atomic E-state index is -0.334. The Morgan fingerprint density at radius 2 is 2.08 bits per heavy atom. The van der Waals surface area contributed by atoms with Crippen molar-refractivity contribution in [2.45, 2.75) is 39.0 Å². The molecule has 2 N–H and O–H groups in total. The molecule has 126 valence electrons. The Morgan fingerprint density at radius 3 is 2.62 bits per heavy atom. The van der Waals surface area contributed by atoms with Gasteiger partial charge in [0.1, 0.15) is 5.82 Å². The third-order valence-corrected chi connectivity index (χ3v) is 5.66. The summed E-state index contributed by atoms with van der Waals surface area (Å²) in [7, 11) is 3.76. The van der Waals surface area contributed by atoms with Crippen LogP contribution in [0.5, 0.6) is 0 Å². The Balaban J connectivity index is 2.29. The summed E-state index contributed by atoms with van der Waals surface area (Å²) in [6, 6.07) is 4.37. The van der Waals surface area contributed by atoms with Gasteiger partial charge >= 0.3 is 0 Å². The molecule has 0 bridgehead atoms. The molecule has 2 aliphatic rings. The van der Waals surface area contributed by atoms with E-state index >= 15 is 0 Å². The van der Waals surface area contributed by atoms with Crippen LogP contribution >= 0.6 is 11.3 Å². The van der Waals surface area contributed by atoms with Crippen LogP contribution in [-0.4, -0.2) is 29.9 Å². The molecule has 1 atom stereocenters. The lowest BCUT2D eigenvalue weighted by atomic mass is 9.76. The number of nitrogens with zero attached hydrogens (tertiary/aromatic N) is 3. The Hall–Kier alpha value is -2.10. The number of nitriles is 1. The van der Waals surface area contributed by atoms with E-state index in [0.29, 0.717) is 17.8 Å². The molecule has 6 heteroatoms. The van der Waals surface area contributed by atoms with Gasteiger partial charge in [0.25, 0.3) is 0 Å². The van der Waals surface area contributed by atoms with Crippen molar-refractivity contribution in [3.8, 4) is 6.07 Å². The highest BCUT2D eigenvalue weighted by molar-refractivity contribution is 7.12. The van der Waals surface area contributed by atoms with E-state index in [1.54, 1.807) is 11.3 Å². The highest BCUT2D eigenvalue weighted by Crippen LogP contribution is 2.46. The SMILES string of the molecule is Cc1cc([C@H]2C(C#N)=C(N)N(N(C)C)C3=C2C(=O)CCC3)c(C)s1. The highest BCUT2D eigenvalue weighted by atomic mass is 32.1. The zero-order chi connectivity index (χ0) is 17.6. The zero-order valence-corrected chi connectivity index (χ0v) is 15.3. The summed E-state index contributed by atoms with van der Waals surface area (Å²) in [4.78, 5) is 15.1. The maximum absolute atomic E-state index is 12.8. The van der Waals surface area contributed by atoms with E-state index in [9.17, 15) is 10.1 Å². The first kappa shape index (κ1) is 16.7. The van der Waals surface area contributed by atoms with Gasteiger partial charge in [-0.2, -0.15) is 5.26 Å². The number of carbonyl (C=O) groups excluding carboxylic acids is 1. The topological polar surface area (TPSA) is 73.4 Å². The fraction of sp³-hybridized carbons (Fsp3) is 0.444. The predicted octanol–water partition coefficient (Wildman–Crippen LogP) is 2.94. The summed E-state index contributed by atoms with van der Waals surface area (Å²) >= 11 is 1.69. The van der Waals surface area contributed by atoms with Crippen molar-refractivity contribution in [3.05, 3.63) is 44.0 Å². The maximum atomic E-state index is 12.8. The van der Waals surface area contributed by atoms with Crippen LogP contribution in [0.25, 0.3) is 0 Å². The van der Waals surface area contributed by atoms with Crippen LogP contribution in [0, 0.1) is 25.2 Å². The van der Waals surface area contributed by atoms with Gasteiger partial charge < -0.3 is 5.73 Å². The van der Waals surface area contributed by atoms with Gasteiger partial charge in [-0.15, -0.1) is 11.3 Å². The quantitative estimate of drug-likeness (QED) is 0.894. The van der Waals surface area contributed by atoms with Gasteiger partial charge in [0.2, 0.25) is 0 Å². The summed E-state index contributed by atoms with van der Waals surface area (Å²) in [5.74, 6) is 0.236. The normalized spacial score (nSPS) is 21.4. The molecule has 0 spiro atoms. The maximum Gasteiger partial charge on any atom is 0.161 e. The molecular weight excluding hydrogens is 320 g/mol. The summed E-state index contributed by atoms with van der Waals surface area (Å²) in [6.07, 6.45) is 2.17. The predicted molar refractivity (Wildman–Crippen MR) is 94.8 cm³/mol. The number of allylic oxidation sites excluding steroid dienone is 3. The monoisotopic (exact) mass is 342 g/mol. The Bertz CT molecular complexity index is 809. The van der Waals surface area contributed by atoms with E-state index in [4.69, 9.17) is 5.73 Å². The van der Waals surface area contributed by atoms with Gasteiger partial charge in [0, 0.05) is 41.5 Å². The molecule has 1 aromatic rings. The number of aryl methyl sites for hydroxylation is 2. The number of carbonyl (C=O) groups is 1. The molecule has 5 nitrogen and oxygen atoms in total. The van der Waals surface area contributed by atoms with Crippen LogP contribution in [0.4, 0.5) is 0 Å². The van der Waals surface area contributed by atoms with E-state index in [2.05, 4.69) is 12.1 Å². The van der Waals surface area contributed by atoms with Crippen molar-refractivity contribution in [3.63, 3.8) is 0 Å². The van der Waals surface area contributed by atoms with Crippen molar-refractivity contribution in [1.29, 1.82) is 5.26 Å². The first-order valence-electron chi connectivity index (χ1n) is 8.07. The number of Topliss-reactive ketones (excluding diaryl/α,β-unsaturated/α-hetero) is 1. The summed E-state index contributed by atoms with van der Waals surface area (Å²) < 4.78 is 0. The van der Waals surface area contributed by atoms with Gasteiger partial charge in [0.15, 0.2) is 5.78 Å². The molecule has 0 radical (unpaired) electrons. The molecule has 0 saturated heterocycles. The molecular formula is C18H22N4OS. The van der Waals surface area contributed by atoms with E-state index in [0.717, 1.165) is 34.6 Å². The third-order valence-electron chi connectivity index (χ3n) is 4.68. The average Bonchev–Trinajstić information content (AvgIpc) is 2.84. The van der Waals surface area contributed by atoms with Crippen LogP contribution in [-0.2, 0) is 4.79 Å². The minimum absolute atomic E-state index is 0.136. The number of hydrazine groups is 1. The number of ketones is 1. The van der Waals surface area contributed by atoms with E-state index < -0.39 is 0 Å². The lowest BCUT2D eigenvalue weighted by Crippen LogP contribution is -2.45. The number of rotatable bonds is 2. The lowest BCUT2D eigenvalue weighted by molar-refractivity contribution is -0.116. The number of nitrogens with two attached hydrogens (primary N) is 1. The van der Waals surface area contributed by atoms with Crippen molar-refractivity contribution < 1.29 is 4.79 Å². The Labute approximate surface area is 146 Å². The average molecular weight is 342 g/mol. The van der Waals surface area contributed by atoms with Crippen LogP contribution in [0.15, 0.2) is 28.7 Å². The number of hydrogen-bond acceptors (Lipinski definition) is 6. The fourth-order valence-corrected chi connectivity index (χ4v) is 4.74. The van der Waals surface area contributed by atoms with Crippen LogP contribution in [0.1, 0.15) is 40.5 Å². The molecule has 1 aliphatic carbocycles. The Morgan fingerprint density at radius 1 is 1.38 bits per heavy atom. The van der Waals surface area contributed by atoms with Gasteiger partial charge in [0.05, 0.1) is 17.6 Å². The van der Waals surface area contributed by atoms with Gasteiger partial charge in [-0.05, 0) is 38.3 Å². The smallest absolute Gasteiger partial charge is 0.161 e. The third kappa shape index (κ3) is 2.45. The first-order valence-corrected chi connectivity index (χ1v) is 8.88. The van der Waals surface area contributed by atoms with E-state index in [-0.39, 0.29) is 11.7 Å². The fourth-order valence-electron chi connectivity index (χ4n) is 3.77. The second-order valence-electron chi connectivity index (χ2n) is 6.51. The van der Waals surface area contributed by atoms with Crippen molar-refractivity contribution in [2.24, 2.45) is 5.73 Å². The lowest BCUT2D eigenvalue weighted by Gasteiger charge is -2.42. The van der Waals surface area contributed by atoms with Gasteiger partial charge in [-0.3, -0.25) is 9.80 Å². The highest BCUT2D eigenvalue weighted by Gasteiger charge is 2.41. The van der Waals surface area contributed by atoms with Crippen molar-refractivity contribution in [2.75, 3.05) is 14.1 Å². The molecule has 0 aromatic carbocycles. The minimum Gasteiger partial charge on any atom is -0.383 e. The van der Waals surface area contributed by atoms with Gasteiger partial charge in [-0.1, -0.05) is 0 Å². The second kappa shape index (κ2) is 6.08. The number of hydrogen-bond donors (Lipinski definition) is 1. The number of thiophene rings is 1. The summed E-state index contributed by atoms with van der Waals surface area (Å²) in [5, 5.41) is 13.5. The zero-order valence-electron chi connectivity index (χ0n) is 14.5. The van der Waals surface area contributed by atoms with Crippen LogP contribution in [0.2, 0.25) is 0 Å². The molecule has 3 rings (SSSR count). The first-order chi connectivity index (χ1) is 11.4. The van der Waals surface area contributed by atoms with E-state index in [1.807, 2.05) is 38.0 Å². The van der Waals surface area contributed by atoms with Crippen molar-refractivity contribution in [1.82, 2.24) is 10.0 Å². The largest absolute Gasteiger partial charge is 0.383 e.